The molecule has 6 nitrogen and oxygen atoms in total. The quantitative estimate of drug-likeness (QED) is 0.427. The number of hydrogen-bond donors (Lipinski definition) is 3. The lowest BCUT2D eigenvalue weighted by atomic mass is 9.88. The van der Waals surface area contributed by atoms with E-state index in [4.69, 9.17) is 9.94 Å². The third-order valence-corrected chi connectivity index (χ3v) is 3.86. The summed E-state index contributed by atoms with van der Waals surface area (Å²) in [5, 5.41) is 11.7. The molecule has 0 bridgehead atoms. The number of amides is 1. The highest BCUT2D eigenvalue weighted by Crippen LogP contribution is 2.37. The second-order valence-corrected chi connectivity index (χ2v) is 5.38. The van der Waals surface area contributed by atoms with Crippen LogP contribution in [0.25, 0.3) is 6.08 Å². The van der Waals surface area contributed by atoms with Crippen LogP contribution in [0, 0.1) is 0 Å². The fourth-order valence-corrected chi connectivity index (χ4v) is 2.78. The first kappa shape index (κ1) is 13.8. The van der Waals surface area contributed by atoms with E-state index in [2.05, 4.69) is 5.32 Å². The summed E-state index contributed by atoms with van der Waals surface area (Å²) in [4.78, 5) is 23.3. The fourth-order valence-electron chi connectivity index (χ4n) is 2.78. The maximum atomic E-state index is 12.3. The Morgan fingerprint density at radius 3 is 3.05 bits per heavy atom. The van der Waals surface area contributed by atoms with Crippen LogP contribution < -0.4 is 15.5 Å². The van der Waals surface area contributed by atoms with Gasteiger partial charge in [-0.15, -0.1) is 0 Å². The van der Waals surface area contributed by atoms with Crippen LogP contribution in [0.4, 0.5) is 0 Å². The zero-order valence-corrected chi connectivity index (χ0v) is 11.4. The molecule has 1 aromatic carbocycles. The molecule has 110 valence electrons. The van der Waals surface area contributed by atoms with Gasteiger partial charge in [-0.3, -0.25) is 14.8 Å². The van der Waals surface area contributed by atoms with Crippen molar-refractivity contribution < 1.29 is 19.5 Å². The van der Waals surface area contributed by atoms with Gasteiger partial charge in [0.05, 0.1) is 12.0 Å². The average molecular weight is 288 g/mol. The standard InChI is InChI=1S/C15H16N2O4/c18-12-8-15(5-6-16-9-15)21-13-3-1-10(7-11(12)13)2-4-14(19)17-20/h1-4,7,16,20H,5-6,8-9H2,(H,17,19). The van der Waals surface area contributed by atoms with Gasteiger partial charge >= 0.3 is 0 Å². The van der Waals surface area contributed by atoms with E-state index in [1.807, 2.05) is 0 Å². The summed E-state index contributed by atoms with van der Waals surface area (Å²) >= 11 is 0. The number of benzene rings is 1. The predicted octanol–water partition coefficient (Wildman–Crippen LogP) is 0.902. The molecule has 0 saturated carbocycles. The van der Waals surface area contributed by atoms with Gasteiger partial charge in [-0.05, 0) is 30.3 Å². The van der Waals surface area contributed by atoms with Crippen molar-refractivity contribution in [2.45, 2.75) is 18.4 Å². The number of carbonyl (C=O) groups is 2. The lowest BCUT2D eigenvalue weighted by molar-refractivity contribution is -0.124. The predicted molar refractivity (Wildman–Crippen MR) is 75.2 cm³/mol. The van der Waals surface area contributed by atoms with Crippen LogP contribution in [0.3, 0.4) is 0 Å². The molecule has 0 aromatic heterocycles. The molecule has 1 amide bonds. The molecule has 6 heteroatoms. The maximum Gasteiger partial charge on any atom is 0.267 e. The number of fused-ring (bicyclic) bond motifs is 1. The molecule has 3 rings (SSSR count). The molecule has 1 unspecified atom stereocenters. The lowest BCUT2D eigenvalue weighted by Gasteiger charge is -2.34. The Morgan fingerprint density at radius 1 is 1.48 bits per heavy atom. The van der Waals surface area contributed by atoms with Crippen molar-refractivity contribution in [3.63, 3.8) is 0 Å². The van der Waals surface area contributed by atoms with Crippen molar-refractivity contribution in [2.24, 2.45) is 0 Å². The summed E-state index contributed by atoms with van der Waals surface area (Å²) in [7, 11) is 0. The Bertz CT molecular complexity index is 618. The molecule has 1 atom stereocenters. The van der Waals surface area contributed by atoms with Crippen molar-refractivity contribution in [2.75, 3.05) is 13.1 Å². The van der Waals surface area contributed by atoms with Gasteiger partial charge in [-0.2, -0.15) is 0 Å². The van der Waals surface area contributed by atoms with Crippen LogP contribution in [-0.4, -0.2) is 35.6 Å². The third-order valence-electron chi connectivity index (χ3n) is 3.86. The molecule has 1 aromatic rings. The Morgan fingerprint density at radius 2 is 2.33 bits per heavy atom. The Labute approximate surface area is 121 Å². The Kier molecular flexibility index (Phi) is 3.48. The molecule has 3 N–H and O–H groups in total. The summed E-state index contributed by atoms with van der Waals surface area (Å²) in [6.45, 7) is 1.55. The minimum absolute atomic E-state index is 0.0572. The molecule has 0 aliphatic carbocycles. The zero-order chi connectivity index (χ0) is 14.9. The van der Waals surface area contributed by atoms with E-state index in [-0.39, 0.29) is 5.78 Å². The van der Waals surface area contributed by atoms with Crippen molar-refractivity contribution in [3.05, 3.63) is 35.4 Å². The number of hydrogen-bond acceptors (Lipinski definition) is 5. The fraction of sp³-hybridized carbons (Fsp3) is 0.333. The largest absolute Gasteiger partial charge is 0.485 e. The number of rotatable bonds is 2. The van der Waals surface area contributed by atoms with Crippen molar-refractivity contribution in [3.8, 4) is 5.75 Å². The van der Waals surface area contributed by atoms with Crippen LogP contribution in [0.1, 0.15) is 28.8 Å². The molecule has 2 aliphatic heterocycles. The van der Waals surface area contributed by atoms with Crippen LogP contribution in [-0.2, 0) is 4.79 Å². The van der Waals surface area contributed by atoms with Crippen molar-refractivity contribution in [1.82, 2.24) is 10.8 Å². The first-order valence-corrected chi connectivity index (χ1v) is 6.81. The van der Waals surface area contributed by atoms with Crippen LogP contribution in [0.15, 0.2) is 24.3 Å². The molecule has 1 saturated heterocycles. The first-order valence-electron chi connectivity index (χ1n) is 6.81. The number of ketones is 1. The smallest absolute Gasteiger partial charge is 0.267 e. The monoisotopic (exact) mass is 288 g/mol. The van der Waals surface area contributed by atoms with Gasteiger partial charge in [0, 0.05) is 19.0 Å². The molecule has 2 heterocycles. The second-order valence-electron chi connectivity index (χ2n) is 5.38. The van der Waals surface area contributed by atoms with Crippen molar-refractivity contribution >= 4 is 17.8 Å². The maximum absolute atomic E-state index is 12.3. The second kappa shape index (κ2) is 5.31. The van der Waals surface area contributed by atoms with Gasteiger partial charge in [0.25, 0.3) is 5.91 Å². The first-order chi connectivity index (χ1) is 10.1. The van der Waals surface area contributed by atoms with Gasteiger partial charge in [0.15, 0.2) is 5.78 Å². The van der Waals surface area contributed by atoms with E-state index in [0.717, 1.165) is 13.0 Å². The minimum Gasteiger partial charge on any atom is -0.485 e. The normalized spacial score (nSPS) is 24.1. The van der Waals surface area contributed by atoms with E-state index in [1.165, 1.54) is 17.6 Å². The molecular weight excluding hydrogens is 272 g/mol. The third kappa shape index (κ3) is 2.68. The minimum atomic E-state index is -0.619. The average Bonchev–Trinajstić information content (AvgIpc) is 2.92. The van der Waals surface area contributed by atoms with Crippen LogP contribution in [0.5, 0.6) is 5.75 Å². The zero-order valence-electron chi connectivity index (χ0n) is 11.4. The Hall–Kier alpha value is -2.18. The molecular formula is C15H16N2O4. The lowest BCUT2D eigenvalue weighted by Crippen LogP contribution is -2.43. The number of carbonyl (C=O) groups excluding carboxylic acids is 2. The molecule has 2 aliphatic rings. The van der Waals surface area contributed by atoms with E-state index in [1.54, 1.807) is 18.2 Å². The van der Waals surface area contributed by atoms with E-state index < -0.39 is 11.5 Å². The Balaban J connectivity index is 1.87. The number of nitrogens with one attached hydrogen (secondary N) is 2. The molecule has 1 spiro atoms. The summed E-state index contributed by atoms with van der Waals surface area (Å²) in [6, 6.07) is 5.23. The summed E-state index contributed by atoms with van der Waals surface area (Å²) in [6.07, 6.45) is 3.92. The SMILES string of the molecule is O=C(C=Cc1ccc2c(c1)C(=O)CC1(CCNC1)O2)NO. The van der Waals surface area contributed by atoms with E-state index in [9.17, 15) is 9.59 Å². The highest BCUT2D eigenvalue weighted by Gasteiger charge is 2.42. The number of Topliss-reactive ketones (excluding diaryl/α,β-unsaturated/α-hetero) is 1. The van der Waals surface area contributed by atoms with Gasteiger partial charge in [0.2, 0.25) is 0 Å². The van der Waals surface area contributed by atoms with Gasteiger partial charge in [-0.1, -0.05) is 6.07 Å². The van der Waals surface area contributed by atoms with E-state index in [0.29, 0.717) is 29.8 Å². The van der Waals surface area contributed by atoms with Gasteiger partial charge in [-0.25, -0.2) is 5.48 Å². The molecule has 21 heavy (non-hydrogen) atoms. The molecule has 0 radical (unpaired) electrons. The van der Waals surface area contributed by atoms with Crippen LogP contribution in [0.2, 0.25) is 0 Å². The van der Waals surface area contributed by atoms with Crippen molar-refractivity contribution in [1.29, 1.82) is 0 Å². The number of hydroxylamine groups is 1. The van der Waals surface area contributed by atoms with Gasteiger partial charge in [0.1, 0.15) is 11.4 Å². The number of ether oxygens (including phenoxy) is 1. The summed E-state index contributed by atoms with van der Waals surface area (Å²) in [5.74, 6) is 0.0341. The summed E-state index contributed by atoms with van der Waals surface area (Å²) < 4.78 is 6.03. The summed E-state index contributed by atoms with van der Waals surface area (Å²) in [5.41, 5.74) is 2.35. The highest BCUT2D eigenvalue weighted by molar-refractivity contribution is 6.01. The topological polar surface area (TPSA) is 87.7 Å². The van der Waals surface area contributed by atoms with E-state index >= 15 is 0 Å². The molecule has 1 fully saturated rings. The van der Waals surface area contributed by atoms with Crippen LogP contribution >= 0.6 is 0 Å². The van der Waals surface area contributed by atoms with Gasteiger partial charge < -0.3 is 10.1 Å². The highest BCUT2D eigenvalue weighted by atomic mass is 16.5.